The molecule has 0 atom stereocenters. The Morgan fingerprint density at radius 3 is 2.71 bits per heavy atom. The highest BCUT2D eigenvalue weighted by Gasteiger charge is 2.30. The van der Waals surface area contributed by atoms with Gasteiger partial charge in [-0.15, -0.1) is 11.3 Å². The number of pyridine rings is 1. The second-order valence-electron chi connectivity index (χ2n) is 6.90. The van der Waals surface area contributed by atoms with Crippen molar-refractivity contribution in [2.75, 3.05) is 0 Å². The first kappa shape index (κ1) is 14.7. The SMILES string of the molecule is Cc1ccncc1-c1nc(C2CC2)c(CNC(C)(C)C)s1. The Morgan fingerprint density at radius 1 is 1.33 bits per heavy atom. The molecule has 0 spiro atoms. The minimum absolute atomic E-state index is 0.134. The molecule has 1 fully saturated rings. The van der Waals surface area contributed by atoms with Crippen molar-refractivity contribution >= 4 is 11.3 Å². The Bertz CT molecular complexity index is 636. The maximum absolute atomic E-state index is 4.94. The van der Waals surface area contributed by atoms with Crippen LogP contribution in [0.1, 0.15) is 55.7 Å². The fraction of sp³-hybridized carbons (Fsp3) is 0.529. The highest BCUT2D eigenvalue weighted by molar-refractivity contribution is 7.15. The number of aromatic nitrogens is 2. The number of hydrogen-bond donors (Lipinski definition) is 1. The Labute approximate surface area is 130 Å². The van der Waals surface area contributed by atoms with Gasteiger partial charge in [0.2, 0.25) is 0 Å². The summed E-state index contributed by atoms with van der Waals surface area (Å²) in [6.45, 7) is 9.65. The summed E-state index contributed by atoms with van der Waals surface area (Å²) >= 11 is 1.82. The number of aryl methyl sites for hydroxylation is 1. The first-order chi connectivity index (χ1) is 9.94. The number of hydrogen-bond acceptors (Lipinski definition) is 4. The molecule has 1 aliphatic rings. The molecule has 2 aromatic heterocycles. The zero-order valence-electron chi connectivity index (χ0n) is 13.2. The molecule has 0 unspecified atom stereocenters. The molecule has 2 heterocycles. The van der Waals surface area contributed by atoms with Crippen LogP contribution in [0.4, 0.5) is 0 Å². The lowest BCUT2D eigenvalue weighted by atomic mass is 10.1. The van der Waals surface area contributed by atoms with Crippen LogP contribution in [0.3, 0.4) is 0 Å². The van der Waals surface area contributed by atoms with Crippen LogP contribution in [0, 0.1) is 6.92 Å². The van der Waals surface area contributed by atoms with E-state index in [9.17, 15) is 0 Å². The van der Waals surface area contributed by atoms with E-state index in [0.29, 0.717) is 5.92 Å². The van der Waals surface area contributed by atoms with E-state index in [1.54, 1.807) is 0 Å². The number of nitrogens with one attached hydrogen (secondary N) is 1. The third kappa shape index (κ3) is 3.50. The molecule has 21 heavy (non-hydrogen) atoms. The van der Waals surface area contributed by atoms with Crippen LogP contribution in [0.5, 0.6) is 0 Å². The Balaban J connectivity index is 1.91. The lowest BCUT2D eigenvalue weighted by molar-refractivity contribution is 0.425. The second kappa shape index (κ2) is 5.50. The van der Waals surface area contributed by atoms with Gasteiger partial charge in [0.15, 0.2) is 0 Å². The summed E-state index contributed by atoms with van der Waals surface area (Å²) in [4.78, 5) is 10.6. The van der Waals surface area contributed by atoms with Crippen LogP contribution >= 0.6 is 11.3 Å². The molecule has 2 aromatic rings. The summed E-state index contributed by atoms with van der Waals surface area (Å²) in [7, 11) is 0. The summed E-state index contributed by atoms with van der Waals surface area (Å²) in [5, 5.41) is 4.71. The average Bonchev–Trinajstić information content (AvgIpc) is 3.17. The van der Waals surface area contributed by atoms with Gasteiger partial charge in [0.05, 0.1) is 5.69 Å². The molecule has 3 nitrogen and oxygen atoms in total. The van der Waals surface area contributed by atoms with Crippen molar-refractivity contribution in [1.29, 1.82) is 0 Å². The molecule has 112 valence electrons. The van der Waals surface area contributed by atoms with E-state index >= 15 is 0 Å². The minimum atomic E-state index is 0.134. The van der Waals surface area contributed by atoms with E-state index in [2.05, 4.69) is 44.1 Å². The fourth-order valence-electron chi connectivity index (χ4n) is 2.31. The lowest BCUT2D eigenvalue weighted by Gasteiger charge is -2.20. The third-order valence-electron chi connectivity index (χ3n) is 3.74. The van der Waals surface area contributed by atoms with Gasteiger partial charge in [-0.1, -0.05) is 0 Å². The monoisotopic (exact) mass is 301 g/mol. The van der Waals surface area contributed by atoms with E-state index < -0.39 is 0 Å². The van der Waals surface area contributed by atoms with E-state index in [0.717, 1.165) is 11.6 Å². The summed E-state index contributed by atoms with van der Waals surface area (Å²) < 4.78 is 0. The van der Waals surface area contributed by atoms with E-state index in [-0.39, 0.29) is 5.54 Å². The van der Waals surface area contributed by atoms with Gasteiger partial charge in [0, 0.05) is 40.8 Å². The average molecular weight is 301 g/mol. The molecule has 0 radical (unpaired) electrons. The van der Waals surface area contributed by atoms with Gasteiger partial charge in [-0.3, -0.25) is 4.98 Å². The smallest absolute Gasteiger partial charge is 0.125 e. The van der Waals surface area contributed by atoms with E-state index in [1.165, 1.54) is 34.5 Å². The zero-order chi connectivity index (χ0) is 15.0. The molecule has 0 saturated heterocycles. The Hall–Kier alpha value is -1.26. The maximum Gasteiger partial charge on any atom is 0.125 e. The van der Waals surface area contributed by atoms with Crippen LogP contribution in [0.25, 0.3) is 10.6 Å². The van der Waals surface area contributed by atoms with Crippen molar-refractivity contribution in [2.24, 2.45) is 0 Å². The number of nitrogens with zero attached hydrogens (tertiary/aromatic N) is 2. The topological polar surface area (TPSA) is 37.8 Å². The molecule has 4 heteroatoms. The van der Waals surface area contributed by atoms with Gasteiger partial charge >= 0.3 is 0 Å². The molecule has 1 saturated carbocycles. The van der Waals surface area contributed by atoms with Crippen molar-refractivity contribution in [2.45, 2.75) is 58.5 Å². The molecule has 1 N–H and O–H groups in total. The maximum atomic E-state index is 4.94. The number of rotatable bonds is 4. The Kier molecular flexibility index (Phi) is 3.84. The predicted molar refractivity (Wildman–Crippen MR) is 88.6 cm³/mol. The van der Waals surface area contributed by atoms with Crippen LogP contribution in [-0.4, -0.2) is 15.5 Å². The van der Waals surface area contributed by atoms with Crippen molar-refractivity contribution in [3.63, 3.8) is 0 Å². The lowest BCUT2D eigenvalue weighted by Crippen LogP contribution is -2.35. The van der Waals surface area contributed by atoms with Gasteiger partial charge in [0.1, 0.15) is 5.01 Å². The zero-order valence-corrected chi connectivity index (χ0v) is 14.0. The van der Waals surface area contributed by atoms with Crippen LogP contribution in [0.15, 0.2) is 18.5 Å². The summed E-state index contributed by atoms with van der Waals surface area (Å²) in [5.74, 6) is 0.684. The highest BCUT2D eigenvalue weighted by Crippen LogP contribution is 2.44. The van der Waals surface area contributed by atoms with Gasteiger partial charge in [-0.25, -0.2) is 4.98 Å². The largest absolute Gasteiger partial charge is 0.307 e. The third-order valence-corrected chi connectivity index (χ3v) is 4.84. The van der Waals surface area contributed by atoms with Gasteiger partial charge in [0.25, 0.3) is 0 Å². The second-order valence-corrected chi connectivity index (χ2v) is 7.98. The minimum Gasteiger partial charge on any atom is -0.307 e. The molecular weight excluding hydrogens is 278 g/mol. The predicted octanol–water partition coefficient (Wildman–Crippen LogP) is 4.28. The van der Waals surface area contributed by atoms with Gasteiger partial charge in [-0.05, 0) is 52.2 Å². The normalized spacial score (nSPS) is 15.4. The van der Waals surface area contributed by atoms with Crippen molar-refractivity contribution in [3.8, 4) is 10.6 Å². The van der Waals surface area contributed by atoms with E-state index in [4.69, 9.17) is 4.98 Å². The molecule has 3 rings (SSSR count). The molecule has 0 bridgehead atoms. The molecule has 0 amide bonds. The highest BCUT2D eigenvalue weighted by atomic mass is 32.1. The molecule has 0 aliphatic heterocycles. The standard InChI is InChI=1S/C17H23N3S/c1-11-7-8-18-9-13(11)16-20-15(12-5-6-12)14(21-16)10-19-17(2,3)4/h7-9,12,19H,5-6,10H2,1-4H3. The van der Waals surface area contributed by atoms with Crippen LogP contribution < -0.4 is 5.32 Å². The van der Waals surface area contributed by atoms with Crippen molar-refractivity contribution in [3.05, 3.63) is 34.6 Å². The summed E-state index contributed by atoms with van der Waals surface area (Å²) in [5.41, 5.74) is 3.87. The quantitative estimate of drug-likeness (QED) is 0.916. The number of thiazole rings is 1. The van der Waals surface area contributed by atoms with Crippen LogP contribution in [0.2, 0.25) is 0 Å². The van der Waals surface area contributed by atoms with Gasteiger partial charge < -0.3 is 5.32 Å². The summed E-state index contributed by atoms with van der Waals surface area (Å²) in [6, 6.07) is 2.06. The fourth-order valence-corrected chi connectivity index (χ4v) is 3.48. The van der Waals surface area contributed by atoms with Crippen molar-refractivity contribution in [1.82, 2.24) is 15.3 Å². The Morgan fingerprint density at radius 2 is 2.10 bits per heavy atom. The summed E-state index contributed by atoms with van der Waals surface area (Å²) in [6.07, 6.45) is 6.36. The molecule has 0 aromatic carbocycles. The first-order valence-corrected chi connectivity index (χ1v) is 8.41. The first-order valence-electron chi connectivity index (χ1n) is 7.59. The van der Waals surface area contributed by atoms with Gasteiger partial charge in [-0.2, -0.15) is 0 Å². The molecular formula is C17H23N3S. The van der Waals surface area contributed by atoms with Crippen LogP contribution in [-0.2, 0) is 6.54 Å². The van der Waals surface area contributed by atoms with Crippen molar-refractivity contribution < 1.29 is 0 Å². The van der Waals surface area contributed by atoms with E-state index in [1.807, 2.05) is 23.7 Å². The molecule has 1 aliphatic carbocycles.